The van der Waals surface area contributed by atoms with Gasteiger partial charge in [-0.15, -0.1) is 0 Å². The third kappa shape index (κ3) is 2.87. The summed E-state index contributed by atoms with van der Waals surface area (Å²) in [5.74, 6) is -2.22. The number of furan rings is 1. The number of carboxylic acids is 1. The fraction of sp³-hybridized carbons (Fsp3) is 0.333. The average molecular weight is 317 g/mol. The lowest BCUT2D eigenvalue weighted by molar-refractivity contribution is -0.153. The predicted octanol–water partition coefficient (Wildman–Crippen LogP) is 1.05. The minimum absolute atomic E-state index is 0.150. The van der Waals surface area contributed by atoms with Gasteiger partial charge >= 0.3 is 11.9 Å². The average Bonchev–Trinajstić information content (AvgIpc) is 3.23. The van der Waals surface area contributed by atoms with E-state index in [1.807, 2.05) is 0 Å². The maximum Gasteiger partial charge on any atom is 0.311 e. The Morgan fingerprint density at radius 2 is 2.13 bits per heavy atom. The molecule has 0 radical (unpaired) electrons. The Hall–Kier alpha value is -2.90. The number of carbonyl (C=O) groups excluding carboxylic acids is 1. The minimum Gasteiger partial charge on any atom is -0.481 e. The summed E-state index contributed by atoms with van der Waals surface area (Å²) in [4.78, 5) is 33.4. The topological polar surface area (TPSA) is 106 Å². The number of aliphatic carboxylic acids is 1. The van der Waals surface area contributed by atoms with Crippen LogP contribution in [0.15, 0.2) is 35.1 Å². The molecule has 2 atom stereocenters. The summed E-state index contributed by atoms with van der Waals surface area (Å²) in [6.45, 7) is 0.349. The highest BCUT2D eigenvalue weighted by Crippen LogP contribution is 2.28. The van der Waals surface area contributed by atoms with Gasteiger partial charge in [0, 0.05) is 19.3 Å². The third-order valence-corrected chi connectivity index (χ3v) is 3.84. The van der Waals surface area contributed by atoms with Gasteiger partial charge in [0.2, 0.25) is 5.95 Å². The number of anilines is 1. The van der Waals surface area contributed by atoms with Crippen LogP contribution in [0.25, 0.3) is 11.5 Å². The zero-order chi connectivity index (χ0) is 16.4. The SMILES string of the molecule is COC(=O)[C@@H]1CN(c2nccc(-c3ccco3)n2)C[C@@H]1C(=O)O. The highest BCUT2D eigenvalue weighted by atomic mass is 16.5. The van der Waals surface area contributed by atoms with Gasteiger partial charge in [0.1, 0.15) is 5.69 Å². The number of carboxylic acid groups (broad SMARTS) is 1. The lowest BCUT2D eigenvalue weighted by Gasteiger charge is -2.15. The van der Waals surface area contributed by atoms with Crippen molar-refractivity contribution in [3.8, 4) is 11.5 Å². The molecule has 23 heavy (non-hydrogen) atoms. The molecule has 0 spiro atoms. The Morgan fingerprint density at radius 1 is 1.35 bits per heavy atom. The van der Waals surface area contributed by atoms with E-state index in [4.69, 9.17) is 9.15 Å². The molecular weight excluding hydrogens is 302 g/mol. The number of aromatic nitrogens is 2. The summed E-state index contributed by atoms with van der Waals surface area (Å²) in [5, 5.41) is 9.31. The molecule has 0 aliphatic carbocycles. The summed E-state index contributed by atoms with van der Waals surface area (Å²) in [7, 11) is 1.25. The standard InChI is InChI=1S/C15H15N3O5/c1-22-14(21)10-8-18(7-9(10)13(19)20)15-16-5-4-11(17-15)12-3-2-6-23-12/h2-6,9-10H,7-8H2,1H3,(H,19,20)/t9-,10+/m0/s1. The van der Waals surface area contributed by atoms with Crippen LogP contribution in [0.2, 0.25) is 0 Å². The summed E-state index contributed by atoms with van der Waals surface area (Å²) in [6.07, 6.45) is 3.11. The zero-order valence-electron chi connectivity index (χ0n) is 12.4. The van der Waals surface area contributed by atoms with Gasteiger partial charge in [-0.1, -0.05) is 0 Å². The van der Waals surface area contributed by atoms with E-state index in [9.17, 15) is 14.7 Å². The van der Waals surface area contributed by atoms with Crippen molar-refractivity contribution in [1.29, 1.82) is 0 Å². The van der Waals surface area contributed by atoms with E-state index in [0.29, 0.717) is 17.4 Å². The number of hydrogen-bond acceptors (Lipinski definition) is 7. The van der Waals surface area contributed by atoms with Crippen molar-refractivity contribution >= 4 is 17.9 Å². The van der Waals surface area contributed by atoms with E-state index >= 15 is 0 Å². The number of rotatable bonds is 4. The van der Waals surface area contributed by atoms with E-state index < -0.39 is 23.8 Å². The van der Waals surface area contributed by atoms with Gasteiger partial charge in [-0.3, -0.25) is 9.59 Å². The molecule has 1 fully saturated rings. The summed E-state index contributed by atoms with van der Waals surface area (Å²) < 4.78 is 9.99. The molecule has 2 aromatic heterocycles. The Bertz CT molecular complexity index is 716. The first-order valence-corrected chi connectivity index (χ1v) is 7.02. The van der Waals surface area contributed by atoms with Crippen LogP contribution in [0.3, 0.4) is 0 Å². The van der Waals surface area contributed by atoms with Crippen LogP contribution in [0.5, 0.6) is 0 Å². The highest BCUT2D eigenvalue weighted by molar-refractivity contribution is 5.83. The number of nitrogens with zero attached hydrogens (tertiary/aromatic N) is 3. The molecule has 3 heterocycles. The second-order valence-corrected chi connectivity index (χ2v) is 5.20. The third-order valence-electron chi connectivity index (χ3n) is 3.84. The second kappa shape index (κ2) is 6.07. The molecule has 0 unspecified atom stereocenters. The van der Waals surface area contributed by atoms with Crippen molar-refractivity contribution in [2.75, 3.05) is 25.1 Å². The molecule has 1 N–H and O–H groups in total. The number of ether oxygens (including phenoxy) is 1. The van der Waals surface area contributed by atoms with Crippen LogP contribution in [0, 0.1) is 11.8 Å². The molecule has 8 heteroatoms. The van der Waals surface area contributed by atoms with Crippen molar-refractivity contribution in [3.05, 3.63) is 30.7 Å². The molecule has 2 aromatic rings. The molecule has 0 amide bonds. The van der Waals surface area contributed by atoms with Crippen molar-refractivity contribution < 1.29 is 23.8 Å². The van der Waals surface area contributed by atoms with Gasteiger partial charge in [0.05, 0.1) is 25.2 Å². The largest absolute Gasteiger partial charge is 0.481 e. The molecule has 1 aliphatic rings. The van der Waals surface area contributed by atoms with Crippen LogP contribution >= 0.6 is 0 Å². The van der Waals surface area contributed by atoms with Gasteiger partial charge in [0.15, 0.2) is 5.76 Å². The Morgan fingerprint density at radius 3 is 2.78 bits per heavy atom. The first-order chi connectivity index (χ1) is 11.1. The van der Waals surface area contributed by atoms with E-state index in [1.54, 1.807) is 35.6 Å². The molecule has 0 bridgehead atoms. The van der Waals surface area contributed by atoms with Crippen LogP contribution in [0.4, 0.5) is 5.95 Å². The quantitative estimate of drug-likeness (QED) is 0.834. The molecule has 3 rings (SSSR count). The molecule has 1 saturated heterocycles. The van der Waals surface area contributed by atoms with Crippen LogP contribution < -0.4 is 4.90 Å². The normalized spacial score (nSPS) is 20.5. The van der Waals surface area contributed by atoms with E-state index in [0.717, 1.165) is 0 Å². The molecule has 8 nitrogen and oxygen atoms in total. The maximum atomic E-state index is 11.8. The van der Waals surface area contributed by atoms with E-state index in [2.05, 4.69) is 9.97 Å². The lowest BCUT2D eigenvalue weighted by Crippen LogP contribution is -2.29. The van der Waals surface area contributed by atoms with Crippen LogP contribution in [-0.4, -0.2) is 47.2 Å². The summed E-state index contributed by atoms with van der Waals surface area (Å²) in [6, 6.07) is 5.22. The zero-order valence-corrected chi connectivity index (χ0v) is 12.4. The highest BCUT2D eigenvalue weighted by Gasteiger charge is 2.43. The summed E-state index contributed by atoms with van der Waals surface area (Å²) >= 11 is 0. The fourth-order valence-corrected chi connectivity index (χ4v) is 2.67. The molecule has 0 saturated carbocycles. The number of esters is 1. The number of hydrogen-bond donors (Lipinski definition) is 1. The smallest absolute Gasteiger partial charge is 0.311 e. The lowest BCUT2D eigenvalue weighted by atomic mass is 9.97. The monoisotopic (exact) mass is 317 g/mol. The van der Waals surface area contributed by atoms with Gasteiger partial charge in [-0.05, 0) is 18.2 Å². The first kappa shape index (κ1) is 15.0. The van der Waals surface area contributed by atoms with Crippen LogP contribution in [0.1, 0.15) is 0 Å². The Balaban J connectivity index is 1.86. The summed E-state index contributed by atoms with van der Waals surface area (Å²) in [5.41, 5.74) is 0.591. The van der Waals surface area contributed by atoms with Crippen molar-refractivity contribution in [3.63, 3.8) is 0 Å². The minimum atomic E-state index is -1.04. The van der Waals surface area contributed by atoms with Crippen molar-refractivity contribution in [2.24, 2.45) is 11.8 Å². The molecule has 0 aromatic carbocycles. The van der Waals surface area contributed by atoms with Gasteiger partial charge < -0.3 is 19.2 Å². The number of methoxy groups -OCH3 is 1. The molecule has 120 valence electrons. The second-order valence-electron chi connectivity index (χ2n) is 5.20. The molecule has 1 aliphatic heterocycles. The van der Waals surface area contributed by atoms with Gasteiger partial charge in [0.25, 0.3) is 0 Å². The van der Waals surface area contributed by atoms with Crippen molar-refractivity contribution in [2.45, 2.75) is 0 Å². The van der Waals surface area contributed by atoms with Gasteiger partial charge in [-0.2, -0.15) is 0 Å². The van der Waals surface area contributed by atoms with Crippen LogP contribution in [-0.2, 0) is 14.3 Å². The maximum absolute atomic E-state index is 11.8. The Kier molecular flexibility index (Phi) is 3.96. The van der Waals surface area contributed by atoms with E-state index in [-0.39, 0.29) is 13.1 Å². The van der Waals surface area contributed by atoms with Crippen molar-refractivity contribution in [1.82, 2.24) is 9.97 Å². The van der Waals surface area contributed by atoms with Gasteiger partial charge in [-0.25, -0.2) is 9.97 Å². The predicted molar refractivity (Wildman–Crippen MR) is 78.6 cm³/mol. The molecular formula is C15H15N3O5. The first-order valence-electron chi connectivity index (χ1n) is 7.02. The number of carbonyl (C=O) groups is 2. The Labute approximate surface area is 131 Å². The fourth-order valence-electron chi connectivity index (χ4n) is 2.67. The van der Waals surface area contributed by atoms with E-state index in [1.165, 1.54) is 7.11 Å².